The van der Waals surface area contributed by atoms with Crippen molar-refractivity contribution in [3.8, 4) is 0 Å². The molecule has 1 aromatic heterocycles. The Hall–Kier alpha value is -1.74. The highest BCUT2D eigenvalue weighted by Crippen LogP contribution is 2.28. The number of piperidine rings is 1. The van der Waals surface area contributed by atoms with Crippen molar-refractivity contribution >= 4 is 21.7 Å². The van der Waals surface area contributed by atoms with E-state index in [1.807, 2.05) is 4.90 Å². The Labute approximate surface area is 154 Å². The Morgan fingerprint density at radius 1 is 1.23 bits per heavy atom. The molecular formula is C17H27N5O3S. The van der Waals surface area contributed by atoms with Gasteiger partial charge in [0.15, 0.2) is 9.84 Å². The van der Waals surface area contributed by atoms with E-state index < -0.39 is 9.84 Å². The van der Waals surface area contributed by atoms with Crippen molar-refractivity contribution in [2.24, 2.45) is 0 Å². The van der Waals surface area contributed by atoms with E-state index in [0.29, 0.717) is 24.7 Å². The lowest BCUT2D eigenvalue weighted by molar-refractivity contribution is -0.128. The van der Waals surface area contributed by atoms with E-state index >= 15 is 0 Å². The molecule has 0 bridgehead atoms. The van der Waals surface area contributed by atoms with Crippen LogP contribution in [0.4, 0.5) is 5.95 Å². The molecule has 1 aromatic rings. The SMILES string of the molecule is CC(=O)N1CCCN(c2ncc(S(C)(=O)=O)c([C@@H]3CCCNC3)n2)CC1. The average Bonchev–Trinajstić information content (AvgIpc) is 2.87. The maximum absolute atomic E-state index is 12.2. The number of hydrogen-bond donors (Lipinski definition) is 1. The zero-order valence-electron chi connectivity index (χ0n) is 15.4. The van der Waals surface area contributed by atoms with Gasteiger partial charge in [0.1, 0.15) is 4.90 Å². The fourth-order valence-electron chi connectivity index (χ4n) is 3.62. The quantitative estimate of drug-likeness (QED) is 0.810. The maximum Gasteiger partial charge on any atom is 0.225 e. The van der Waals surface area contributed by atoms with Crippen LogP contribution < -0.4 is 10.2 Å². The molecule has 2 saturated heterocycles. The standard InChI is InChI=1S/C17H27N5O3S/c1-13(23)21-7-4-8-22(10-9-21)17-19-12-15(26(2,24)25)16(20-17)14-5-3-6-18-11-14/h12,14,18H,3-11H2,1-2H3/t14-/m1/s1. The van der Waals surface area contributed by atoms with Crippen LogP contribution in [0.25, 0.3) is 0 Å². The van der Waals surface area contributed by atoms with Crippen molar-refractivity contribution in [3.63, 3.8) is 0 Å². The molecular weight excluding hydrogens is 354 g/mol. The summed E-state index contributed by atoms with van der Waals surface area (Å²) in [6.45, 7) is 6.04. The third-order valence-corrected chi connectivity index (χ3v) is 6.19. The summed E-state index contributed by atoms with van der Waals surface area (Å²) in [5.41, 5.74) is 0.623. The van der Waals surface area contributed by atoms with Crippen molar-refractivity contribution in [1.82, 2.24) is 20.2 Å². The van der Waals surface area contributed by atoms with Crippen molar-refractivity contribution in [1.29, 1.82) is 0 Å². The van der Waals surface area contributed by atoms with Crippen LogP contribution in [0.2, 0.25) is 0 Å². The topological polar surface area (TPSA) is 95.5 Å². The summed E-state index contributed by atoms with van der Waals surface area (Å²) in [6, 6.07) is 0. The molecule has 144 valence electrons. The molecule has 0 aliphatic carbocycles. The molecule has 3 heterocycles. The Balaban J connectivity index is 1.89. The zero-order chi connectivity index (χ0) is 18.7. The highest BCUT2D eigenvalue weighted by atomic mass is 32.2. The molecule has 0 spiro atoms. The van der Waals surface area contributed by atoms with Crippen LogP contribution in [0.3, 0.4) is 0 Å². The molecule has 0 saturated carbocycles. The molecule has 1 atom stereocenters. The molecule has 1 amide bonds. The zero-order valence-corrected chi connectivity index (χ0v) is 16.3. The lowest BCUT2D eigenvalue weighted by Gasteiger charge is -2.26. The van der Waals surface area contributed by atoms with Crippen LogP contribution in [-0.2, 0) is 14.6 Å². The summed E-state index contributed by atoms with van der Waals surface area (Å²) in [7, 11) is -3.38. The van der Waals surface area contributed by atoms with Gasteiger partial charge in [-0.05, 0) is 25.8 Å². The van der Waals surface area contributed by atoms with Gasteiger partial charge in [-0.1, -0.05) is 0 Å². The number of carbonyl (C=O) groups excluding carboxylic acids is 1. The van der Waals surface area contributed by atoms with Crippen LogP contribution in [0.5, 0.6) is 0 Å². The highest BCUT2D eigenvalue weighted by molar-refractivity contribution is 7.90. The van der Waals surface area contributed by atoms with Crippen molar-refractivity contribution < 1.29 is 13.2 Å². The van der Waals surface area contributed by atoms with Gasteiger partial charge in [0.2, 0.25) is 11.9 Å². The molecule has 9 heteroatoms. The fourth-order valence-corrected chi connectivity index (χ4v) is 4.46. The van der Waals surface area contributed by atoms with Gasteiger partial charge in [-0.2, -0.15) is 0 Å². The van der Waals surface area contributed by atoms with Gasteiger partial charge >= 0.3 is 0 Å². The third kappa shape index (κ3) is 4.32. The minimum absolute atomic E-state index is 0.0779. The van der Waals surface area contributed by atoms with Crippen LogP contribution >= 0.6 is 0 Å². The summed E-state index contributed by atoms with van der Waals surface area (Å²) >= 11 is 0. The molecule has 2 fully saturated rings. The van der Waals surface area contributed by atoms with E-state index in [9.17, 15) is 13.2 Å². The van der Waals surface area contributed by atoms with Crippen LogP contribution in [0.15, 0.2) is 11.1 Å². The number of amides is 1. The second-order valence-corrected chi connectivity index (χ2v) is 9.07. The number of nitrogens with one attached hydrogen (secondary N) is 1. The Kier molecular flexibility index (Phi) is 5.76. The first-order valence-electron chi connectivity index (χ1n) is 9.14. The van der Waals surface area contributed by atoms with Crippen molar-refractivity contribution in [2.75, 3.05) is 50.4 Å². The molecule has 3 rings (SSSR count). The predicted molar refractivity (Wildman–Crippen MR) is 99.1 cm³/mol. The third-order valence-electron chi connectivity index (χ3n) is 5.08. The minimum Gasteiger partial charge on any atom is -0.341 e. The van der Waals surface area contributed by atoms with Gasteiger partial charge in [0, 0.05) is 51.8 Å². The monoisotopic (exact) mass is 381 g/mol. The van der Waals surface area contributed by atoms with Crippen LogP contribution in [-0.4, -0.2) is 74.7 Å². The van der Waals surface area contributed by atoms with Gasteiger partial charge in [0.05, 0.1) is 11.9 Å². The van der Waals surface area contributed by atoms with Crippen LogP contribution in [0, 0.1) is 0 Å². The van der Waals surface area contributed by atoms with Gasteiger partial charge < -0.3 is 15.1 Å². The summed E-state index contributed by atoms with van der Waals surface area (Å²) in [5, 5.41) is 3.33. The summed E-state index contributed by atoms with van der Waals surface area (Å²) in [5.74, 6) is 0.716. The molecule has 0 radical (unpaired) electrons. The number of aromatic nitrogens is 2. The smallest absolute Gasteiger partial charge is 0.225 e. The number of sulfone groups is 1. The fraction of sp³-hybridized carbons (Fsp3) is 0.706. The first-order valence-corrected chi connectivity index (χ1v) is 11.0. The van der Waals surface area contributed by atoms with E-state index in [-0.39, 0.29) is 16.7 Å². The molecule has 8 nitrogen and oxygen atoms in total. The lowest BCUT2D eigenvalue weighted by atomic mass is 9.96. The van der Waals surface area contributed by atoms with E-state index in [1.165, 1.54) is 12.5 Å². The number of carbonyl (C=O) groups is 1. The van der Waals surface area contributed by atoms with Crippen molar-refractivity contribution in [3.05, 3.63) is 11.9 Å². The average molecular weight is 382 g/mol. The second-order valence-electron chi connectivity index (χ2n) is 7.08. The minimum atomic E-state index is -3.38. The largest absolute Gasteiger partial charge is 0.341 e. The van der Waals surface area contributed by atoms with Gasteiger partial charge in [-0.3, -0.25) is 4.79 Å². The molecule has 1 N–H and O–H groups in total. The van der Waals surface area contributed by atoms with E-state index in [0.717, 1.165) is 45.4 Å². The molecule has 2 aliphatic rings. The number of nitrogens with zero attached hydrogens (tertiary/aromatic N) is 4. The summed E-state index contributed by atoms with van der Waals surface area (Å²) < 4.78 is 24.4. The Morgan fingerprint density at radius 3 is 2.69 bits per heavy atom. The lowest BCUT2D eigenvalue weighted by Crippen LogP contribution is -2.34. The first-order chi connectivity index (χ1) is 12.4. The van der Waals surface area contributed by atoms with E-state index in [4.69, 9.17) is 4.98 Å². The van der Waals surface area contributed by atoms with Crippen molar-refractivity contribution in [2.45, 2.75) is 37.0 Å². The van der Waals surface area contributed by atoms with Gasteiger partial charge in [-0.25, -0.2) is 18.4 Å². The first kappa shape index (κ1) is 19.0. The molecule has 0 unspecified atom stereocenters. The van der Waals surface area contributed by atoms with E-state index in [1.54, 1.807) is 6.92 Å². The summed E-state index contributed by atoms with van der Waals surface area (Å²) in [6.07, 6.45) is 5.43. The number of hydrogen-bond acceptors (Lipinski definition) is 7. The number of anilines is 1. The second kappa shape index (κ2) is 7.87. The maximum atomic E-state index is 12.2. The van der Waals surface area contributed by atoms with Crippen LogP contribution in [0.1, 0.15) is 37.8 Å². The molecule has 0 aromatic carbocycles. The normalized spacial score (nSPS) is 22.2. The molecule has 2 aliphatic heterocycles. The van der Waals surface area contributed by atoms with E-state index in [2.05, 4.69) is 15.2 Å². The van der Waals surface area contributed by atoms with Gasteiger partial charge in [-0.15, -0.1) is 0 Å². The Morgan fingerprint density at radius 2 is 2.04 bits per heavy atom. The predicted octanol–water partition coefficient (Wildman–Crippen LogP) is 0.406. The highest BCUT2D eigenvalue weighted by Gasteiger charge is 2.27. The Bertz CT molecular complexity index is 762. The number of rotatable bonds is 3. The van der Waals surface area contributed by atoms with Gasteiger partial charge in [0.25, 0.3) is 0 Å². The summed E-state index contributed by atoms with van der Waals surface area (Å²) in [4.78, 5) is 24.8. The molecule has 26 heavy (non-hydrogen) atoms.